The van der Waals surface area contributed by atoms with E-state index in [-0.39, 0.29) is 23.5 Å². The van der Waals surface area contributed by atoms with Crippen molar-refractivity contribution in [3.8, 4) is 0 Å². The Morgan fingerprint density at radius 3 is 2.68 bits per heavy atom. The number of rotatable bonds is 4. The predicted octanol–water partition coefficient (Wildman–Crippen LogP) is -0.434. The van der Waals surface area contributed by atoms with Crippen molar-refractivity contribution in [3.05, 3.63) is 42.2 Å². The number of tetrazole rings is 1. The lowest BCUT2D eigenvalue weighted by atomic mass is 10.1. The molecule has 2 heterocycles. The minimum atomic E-state index is -3.05. The zero-order chi connectivity index (χ0) is 15.6. The van der Waals surface area contributed by atoms with E-state index in [0.717, 1.165) is 5.56 Å². The quantitative estimate of drug-likeness (QED) is 0.818. The van der Waals surface area contributed by atoms with Gasteiger partial charge in [-0.3, -0.25) is 4.79 Å². The number of benzene rings is 1. The largest absolute Gasteiger partial charge is 0.350 e. The fraction of sp³-hybridized carbons (Fsp3) is 0.385. The highest BCUT2D eigenvalue weighted by molar-refractivity contribution is 7.91. The summed E-state index contributed by atoms with van der Waals surface area (Å²) in [7, 11) is -3.05. The van der Waals surface area contributed by atoms with Crippen LogP contribution in [-0.2, 0) is 14.6 Å². The Morgan fingerprint density at radius 1 is 1.32 bits per heavy atom. The maximum Gasteiger partial charge on any atom is 0.249 e. The van der Waals surface area contributed by atoms with Crippen LogP contribution in [0.25, 0.3) is 0 Å². The third-order valence-corrected chi connectivity index (χ3v) is 5.34. The van der Waals surface area contributed by atoms with Gasteiger partial charge in [-0.1, -0.05) is 30.3 Å². The molecule has 2 aromatic rings. The van der Waals surface area contributed by atoms with Gasteiger partial charge in [0.25, 0.3) is 0 Å². The van der Waals surface area contributed by atoms with E-state index in [9.17, 15) is 13.2 Å². The van der Waals surface area contributed by atoms with Crippen LogP contribution in [0.4, 0.5) is 0 Å². The second-order valence-corrected chi connectivity index (χ2v) is 7.44. The summed E-state index contributed by atoms with van der Waals surface area (Å²) in [6.07, 6.45) is 1.80. The summed E-state index contributed by atoms with van der Waals surface area (Å²) in [5.41, 5.74) is 0.730. The number of hydrogen-bond donors (Lipinski definition) is 1. The van der Waals surface area contributed by atoms with Gasteiger partial charge in [-0.05, 0) is 22.4 Å². The Kier molecular flexibility index (Phi) is 3.88. The number of carbonyl (C=O) groups excluding carboxylic acids is 1. The number of nitrogens with one attached hydrogen (secondary N) is 1. The maximum absolute atomic E-state index is 12.6. The molecule has 1 aliphatic rings. The standard InChI is InChI=1S/C13H15N5O3S/c19-13(15-11-6-7-22(20,21)8-11)12(18-9-14-16-17-18)10-4-2-1-3-5-10/h1-5,9,11-12H,6-8H2,(H,15,19)/t11?,12-/m0/s1. The molecular weight excluding hydrogens is 306 g/mol. The molecule has 116 valence electrons. The topological polar surface area (TPSA) is 107 Å². The number of aromatic nitrogens is 4. The summed E-state index contributed by atoms with van der Waals surface area (Å²) in [5, 5.41) is 13.7. The van der Waals surface area contributed by atoms with Crippen molar-refractivity contribution in [2.45, 2.75) is 18.5 Å². The van der Waals surface area contributed by atoms with E-state index in [0.29, 0.717) is 6.42 Å². The van der Waals surface area contributed by atoms with Crippen LogP contribution in [0.3, 0.4) is 0 Å². The van der Waals surface area contributed by atoms with Crippen LogP contribution in [0, 0.1) is 0 Å². The average molecular weight is 321 g/mol. The molecule has 0 aliphatic carbocycles. The van der Waals surface area contributed by atoms with E-state index in [2.05, 4.69) is 20.8 Å². The van der Waals surface area contributed by atoms with Crippen molar-refractivity contribution in [1.82, 2.24) is 25.5 Å². The number of nitrogens with zero attached hydrogens (tertiary/aromatic N) is 4. The van der Waals surface area contributed by atoms with E-state index in [1.54, 1.807) is 12.1 Å². The molecule has 0 spiro atoms. The van der Waals surface area contributed by atoms with Crippen LogP contribution >= 0.6 is 0 Å². The Hall–Kier alpha value is -2.29. The number of sulfone groups is 1. The van der Waals surface area contributed by atoms with Gasteiger partial charge >= 0.3 is 0 Å². The molecule has 1 aliphatic heterocycles. The first-order chi connectivity index (χ1) is 10.6. The molecule has 9 heteroatoms. The lowest BCUT2D eigenvalue weighted by Crippen LogP contribution is -2.41. The van der Waals surface area contributed by atoms with Crippen LogP contribution in [-0.4, -0.2) is 52.1 Å². The predicted molar refractivity (Wildman–Crippen MR) is 77.6 cm³/mol. The molecule has 1 unspecified atom stereocenters. The summed E-state index contributed by atoms with van der Waals surface area (Å²) in [4.78, 5) is 12.6. The molecular formula is C13H15N5O3S. The average Bonchev–Trinajstić information content (AvgIpc) is 3.10. The van der Waals surface area contributed by atoms with Crippen molar-refractivity contribution >= 4 is 15.7 Å². The molecule has 1 aromatic carbocycles. The van der Waals surface area contributed by atoms with Gasteiger partial charge in [0.15, 0.2) is 15.9 Å². The van der Waals surface area contributed by atoms with E-state index in [1.807, 2.05) is 18.2 Å². The fourth-order valence-electron chi connectivity index (χ4n) is 2.54. The summed E-state index contributed by atoms with van der Waals surface area (Å²) in [6, 6.07) is 8.01. The number of amides is 1. The lowest BCUT2D eigenvalue weighted by molar-refractivity contribution is -0.124. The van der Waals surface area contributed by atoms with Gasteiger partial charge < -0.3 is 5.32 Å². The highest BCUT2D eigenvalue weighted by Gasteiger charge is 2.32. The molecule has 22 heavy (non-hydrogen) atoms. The minimum Gasteiger partial charge on any atom is -0.350 e. The summed E-state index contributed by atoms with van der Waals surface area (Å²) >= 11 is 0. The zero-order valence-electron chi connectivity index (χ0n) is 11.7. The highest BCUT2D eigenvalue weighted by atomic mass is 32.2. The third-order valence-electron chi connectivity index (χ3n) is 3.57. The Morgan fingerprint density at radius 2 is 2.09 bits per heavy atom. The third kappa shape index (κ3) is 3.14. The highest BCUT2D eigenvalue weighted by Crippen LogP contribution is 2.19. The van der Waals surface area contributed by atoms with E-state index in [1.165, 1.54) is 11.0 Å². The SMILES string of the molecule is O=C(NC1CCS(=O)(=O)C1)[C@H](c1ccccc1)n1cnnn1. The van der Waals surface area contributed by atoms with Gasteiger partial charge in [0.05, 0.1) is 11.5 Å². The van der Waals surface area contributed by atoms with Crippen LogP contribution in [0.2, 0.25) is 0 Å². The van der Waals surface area contributed by atoms with E-state index < -0.39 is 15.9 Å². The molecule has 2 atom stereocenters. The van der Waals surface area contributed by atoms with Crippen LogP contribution in [0.1, 0.15) is 18.0 Å². The Bertz CT molecular complexity index is 745. The molecule has 0 bridgehead atoms. The van der Waals surface area contributed by atoms with Gasteiger partial charge in [-0.25, -0.2) is 13.1 Å². The Balaban J connectivity index is 1.82. The van der Waals surface area contributed by atoms with Crippen LogP contribution in [0.15, 0.2) is 36.7 Å². The van der Waals surface area contributed by atoms with Gasteiger partial charge in [-0.15, -0.1) is 5.10 Å². The monoisotopic (exact) mass is 321 g/mol. The molecule has 1 amide bonds. The molecule has 1 N–H and O–H groups in total. The summed E-state index contributed by atoms with van der Waals surface area (Å²) < 4.78 is 24.4. The minimum absolute atomic E-state index is 0.0180. The first-order valence-corrected chi connectivity index (χ1v) is 8.65. The molecule has 1 aromatic heterocycles. The number of hydrogen-bond acceptors (Lipinski definition) is 6. The second kappa shape index (κ2) is 5.84. The van der Waals surface area contributed by atoms with Crippen molar-refractivity contribution in [2.24, 2.45) is 0 Å². The number of carbonyl (C=O) groups is 1. The van der Waals surface area contributed by atoms with Crippen molar-refractivity contribution in [3.63, 3.8) is 0 Å². The van der Waals surface area contributed by atoms with Crippen molar-refractivity contribution in [2.75, 3.05) is 11.5 Å². The normalized spacial score (nSPS) is 21.4. The smallest absolute Gasteiger partial charge is 0.249 e. The van der Waals surface area contributed by atoms with Crippen LogP contribution in [0.5, 0.6) is 0 Å². The molecule has 8 nitrogen and oxygen atoms in total. The first kappa shape index (κ1) is 14.6. The summed E-state index contributed by atoms with van der Waals surface area (Å²) in [5.74, 6) is -0.227. The molecule has 0 radical (unpaired) electrons. The lowest BCUT2D eigenvalue weighted by Gasteiger charge is -2.19. The second-order valence-electron chi connectivity index (χ2n) is 5.21. The molecule has 3 rings (SSSR count). The van der Waals surface area contributed by atoms with E-state index >= 15 is 0 Å². The van der Waals surface area contributed by atoms with Crippen molar-refractivity contribution < 1.29 is 13.2 Å². The van der Waals surface area contributed by atoms with E-state index in [4.69, 9.17) is 0 Å². The molecule has 1 fully saturated rings. The van der Waals surface area contributed by atoms with Gasteiger partial charge in [0.1, 0.15) is 6.33 Å². The zero-order valence-corrected chi connectivity index (χ0v) is 12.5. The molecule has 1 saturated heterocycles. The first-order valence-electron chi connectivity index (χ1n) is 6.83. The maximum atomic E-state index is 12.6. The van der Waals surface area contributed by atoms with Crippen LogP contribution < -0.4 is 5.32 Å². The molecule has 0 saturated carbocycles. The van der Waals surface area contributed by atoms with Gasteiger partial charge in [0.2, 0.25) is 5.91 Å². The summed E-state index contributed by atoms with van der Waals surface area (Å²) in [6.45, 7) is 0. The van der Waals surface area contributed by atoms with Gasteiger partial charge in [0, 0.05) is 6.04 Å². The Labute approximate surface area is 127 Å². The van der Waals surface area contributed by atoms with Crippen molar-refractivity contribution in [1.29, 1.82) is 0 Å². The van der Waals surface area contributed by atoms with Gasteiger partial charge in [-0.2, -0.15) is 0 Å². The fourth-order valence-corrected chi connectivity index (χ4v) is 4.21.